The maximum Gasteiger partial charge on any atom is 0.237 e. The smallest absolute Gasteiger partial charge is 0.237 e. The molecule has 3 unspecified atom stereocenters. The molecule has 0 aromatic heterocycles. The Morgan fingerprint density at radius 1 is 1.31 bits per heavy atom. The molecule has 4 heteroatoms. The summed E-state index contributed by atoms with van der Waals surface area (Å²) in [6.45, 7) is 3.98. The highest BCUT2D eigenvalue weighted by Crippen LogP contribution is 2.44. The lowest BCUT2D eigenvalue weighted by molar-refractivity contribution is -0.124. The molecule has 0 saturated heterocycles. The first-order valence-electron chi connectivity index (χ1n) is 6.14. The largest absolute Gasteiger partial charge is 0.352 e. The van der Waals surface area contributed by atoms with E-state index in [4.69, 9.17) is 5.73 Å². The number of hydrogen-bond donors (Lipinski definition) is 2. The predicted octanol–water partition coefficient (Wildman–Crippen LogP) is 1.70. The molecule has 16 heavy (non-hydrogen) atoms. The Kier molecular flexibility index (Phi) is 4.62. The van der Waals surface area contributed by atoms with Crippen LogP contribution in [0.5, 0.6) is 0 Å². The van der Waals surface area contributed by atoms with Crippen LogP contribution in [0, 0.1) is 17.8 Å². The molecule has 0 aromatic rings. The van der Waals surface area contributed by atoms with Crippen LogP contribution in [0.4, 0.5) is 0 Å². The summed E-state index contributed by atoms with van der Waals surface area (Å²) < 4.78 is 0. The summed E-state index contributed by atoms with van der Waals surface area (Å²) in [4.78, 5) is 11.8. The van der Waals surface area contributed by atoms with Crippen molar-refractivity contribution in [3.8, 4) is 0 Å². The predicted molar refractivity (Wildman–Crippen MR) is 67.4 cm³/mol. The van der Waals surface area contributed by atoms with Gasteiger partial charge in [0.25, 0.3) is 0 Å². The van der Waals surface area contributed by atoms with Crippen LogP contribution in [0.3, 0.4) is 0 Å². The first-order valence-corrected chi connectivity index (χ1v) is 6.14. The summed E-state index contributed by atoms with van der Waals surface area (Å²) in [5.41, 5.74) is 5.82. The van der Waals surface area contributed by atoms with Crippen LogP contribution in [0.1, 0.15) is 39.5 Å². The molecule has 3 nitrogen and oxygen atoms in total. The van der Waals surface area contributed by atoms with Gasteiger partial charge in [0.15, 0.2) is 0 Å². The lowest BCUT2D eigenvalue weighted by Gasteiger charge is -2.25. The maximum absolute atomic E-state index is 11.8. The average Bonchev–Trinajstić information content (AvgIpc) is 2.77. The molecule has 0 spiro atoms. The third kappa shape index (κ3) is 2.69. The second-order valence-corrected chi connectivity index (χ2v) is 5.56. The van der Waals surface area contributed by atoms with Crippen LogP contribution >= 0.6 is 12.4 Å². The topological polar surface area (TPSA) is 55.1 Å². The van der Waals surface area contributed by atoms with E-state index in [1.807, 2.05) is 13.8 Å². The number of amides is 1. The monoisotopic (exact) mass is 246 g/mol. The summed E-state index contributed by atoms with van der Waals surface area (Å²) in [7, 11) is 0. The Hall–Kier alpha value is -0.280. The van der Waals surface area contributed by atoms with Crippen molar-refractivity contribution in [3.63, 3.8) is 0 Å². The first-order chi connectivity index (χ1) is 7.08. The Labute approximate surface area is 104 Å². The van der Waals surface area contributed by atoms with Gasteiger partial charge in [0, 0.05) is 6.04 Å². The number of fused-ring (bicyclic) bond motifs is 2. The van der Waals surface area contributed by atoms with Gasteiger partial charge in [-0.1, -0.05) is 20.3 Å². The molecule has 0 radical (unpaired) electrons. The van der Waals surface area contributed by atoms with E-state index in [0.717, 1.165) is 11.8 Å². The molecular formula is C12H23ClN2O. The number of hydrogen-bond acceptors (Lipinski definition) is 2. The normalized spacial score (nSPS) is 33.6. The summed E-state index contributed by atoms with van der Waals surface area (Å²) in [5, 5.41) is 3.13. The molecular weight excluding hydrogens is 224 g/mol. The van der Waals surface area contributed by atoms with Gasteiger partial charge >= 0.3 is 0 Å². The van der Waals surface area contributed by atoms with E-state index in [1.165, 1.54) is 25.7 Å². The van der Waals surface area contributed by atoms with Crippen molar-refractivity contribution in [1.29, 1.82) is 0 Å². The molecule has 2 bridgehead atoms. The van der Waals surface area contributed by atoms with Crippen LogP contribution in [0.15, 0.2) is 0 Å². The van der Waals surface area contributed by atoms with Crippen molar-refractivity contribution < 1.29 is 4.79 Å². The molecule has 2 fully saturated rings. The lowest BCUT2D eigenvalue weighted by Crippen LogP contribution is -2.49. The fourth-order valence-corrected chi connectivity index (χ4v) is 3.00. The van der Waals surface area contributed by atoms with Crippen molar-refractivity contribution in [2.75, 3.05) is 0 Å². The molecule has 2 rings (SSSR count). The average molecular weight is 247 g/mol. The zero-order valence-corrected chi connectivity index (χ0v) is 10.9. The van der Waals surface area contributed by atoms with Gasteiger partial charge in [-0.3, -0.25) is 4.79 Å². The Bertz CT molecular complexity index is 257. The second kappa shape index (κ2) is 5.37. The molecule has 2 saturated carbocycles. The highest BCUT2D eigenvalue weighted by atomic mass is 35.5. The van der Waals surface area contributed by atoms with Crippen molar-refractivity contribution in [3.05, 3.63) is 0 Å². The summed E-state index contributed by atoms with van der Waals surface area (Å²) in [6, 6.07) is 0.0742. The minimum atomic E-state index is -0.343. The highest BCUT2D eigenvalue weighted by molar-refractivity contribution is 5.85. The third-order valence-electron chi connectivity index (χ3n) is 4.09. The van der Waals surface area contributed by atoms with E-state index in [0.29, 0.717) is 6.04 Å². The number of nitrogens with two attached hydrogens (primary N) is 1. The molecule has 0 aliphatic heterocycles. The zero-order valence-electron chi connectivity index (χ0n) is 10.1. The van der Waals surface area contributed by atoms with Crippen LogP contribution in [0.2, 0.25) is 0 Å². The number of rotatable bonds is 3. The van der Waals surface area contributed by atoms with Gasteiger partial charge in [-0.05, 0) is 37.0 Å². The van der Waals surface area contributed by atoms with Gasteiger partial charge in [-0.15, -0.1) is 12.4 Å². The van der Waals surface area contributed by atoms with Crippen molar-refractivity contribution >= 4 is 18.3 Å². The van der Waals surface area contributed by atoms with Gasteiger partial charge in [0.05, 0.1) is 6.04 Å². The highest BCUT2D eigenvalue weighted by Gasteiger charge is 2.40. The fraction of sp³-hybridized carbons (Fsp3) is 0.917. The van der Waals surface area contributed by atoms with Gasteiger partial charge in [-0.2, -0.15) is 0 Å². The van der Waals surface area contributed by atoms with E-state index in [1.54, 1.807) is 0 Å². The van der Waals surface area contributed by atoms with Crippen LogP contribution < -0.4 is 11.1 Å². The van der Waals surface area contributed by atoms with E-state index < -0.39 is 0 Å². The van der Waals surface area contributed by atoms with Gasteiger partial charge in [0.2, 0.25) is 5.91 Å². The Morgan fingerprint density at radius 2 is 2.00 bits per heavy atom. The second-order valence-electron chi connectivity index (χ2n) is 5.56. The minimum absolute atomic E-state index is 0. The van der Waals surface area contributed by atoms with E-state index in [-0.39, 0.29) is 30.3 Å². The first kappa shape index (κ1) is 13.8. The summed E-state index contributed by atoms with van der Waals surface area (Å²) >= 11 is 0. The number of carbonyl (C=O) groups excluding carboxylic acids is 1. The van der Waals surface area contributed by atoms with E-state index >= 15 is 0 Å². The van der Waals surface area contributed by atoms with Gasteiger partial charge in [-0.25, -0.2) is 0 Å². The Morgan fingerprint density at radius 3 is 2.44 bits per heavy atom. The van der Waals surface area contributed by atoms with Crippen LogP contribution in [0.25, 0.3) is 0 Å². The molecule has 2 aliphatic rings. The molecule has 0 heterocycles. The molecule has 2 aliphatic carbocycles. The molecule has 94 valence electrons. The van der Waals surface area contributed by atoms with E-state index in [9.17, 15) is 4.79 Å². The lowest BCUT2D eigenvalue weighted by atomic mass is 9.94. The summed E-state index contributed by atoms with van der Waals surface area (Å²) in [6.07, 6.45) is 5.17. The number of carbonyl (C=O) groups is 1. The molecule has 0 aromatic carbocycles. The third-order valence-corrected chi connectivity index (χ3v) is 4.09. The number of nitrogens with one attached hydrogen (secondary N) is 1. The minimum Gasteiger partial charge on any atom is -0.352 e. The number of halogens is 1. The van der Waals surface area contributed by atoms with Crippen LogP contribution in [-0.2, 0) is 4.79 Å². The fourth-order valence-electron chi connectivity index (χ4n) is 3.00. The van der Waals surface area contributed by atoms with Gasteiger partial charge < -0.3 is 11.1 Å². The molecule has 4 atom stereocenters. The quantitative estimate of drug-likeness (QED) is 0.797. The summed E-state index contributed by atoms with van der Waals surface area (Å²) in [5.74, 6) is 1.88. The Balaban J connectivity index is 0.00000128. The maximum atomic E-state index is 11.8. The zero-order chi connectivity index (χ0) is 11.0. The SMILES string of the molecule is CC(C)[C@H](N)C(=O)NC1CC2CCC1C2.Cl. The van der Waals surface area contributed by atoms with Gasteiger partial charge in [0.1, 0.15) is 0 Å². The van der Waals surface area contributed by atoms with Crippen molar-refractivity contribution in [2.45, 2.75) is 51.6 Å². The van der Waals surface area contributed by atoms with Crippen molar-refractivity contribution in [1.82, 2.24) is 5.32 Å². The molecule has 3 N–H and O–H groups in total. The van der Waals surface area contributed by atoms with E-state index in [2.05, 4.69) is 5.32 Å². The standard InChI is InChI=1S/C12H22N2O.ClH/c1-7(2)11(13)12(15)14-10-6-8-3-4-9(10)5-8;/h7-11H,3-6,13H2,1-2H3,(H,14,15);1H/t8?,9?,10?,11-;/m0./s1. The molecule has 1 amide bonds. The van der Waals surface area contributed by atoms with Crippen molar-refractivity contribution in [2.24, 2.45) is 23.5 Å². The van der Waals surface area contributed by atoms with Crippen LogP contribution in [-0.4, -0.2) is 18.0 Å².